The molecule has 0 radical (unpaired) electrons. The standard InChI is InChI=1S/C11H10N4S/c12-7-4-8-13-11-15-14-10(16-11)9-5-2-1-3-6-9/h1-3,5-6H,4,8H2,(H,13,15). The van der Waals surface area contributed by atoms with Crippen LogP contribution in [0, 0.1) is 11.3 Å². The summed E-state index contributed by atoms with van der Waals surface area (Å²) in [5.41, 5.74) is 1.06. The first kappa shape index (κ1) is 10.6. The second-order valence-corrected chi connectivity index (χ2v) is 4.09. The van der Waals surface area contributed by atoms with Gasteiger partial charge in [0.1, 0.15) is 5.01 Å². The molecule has 0 saturated heterocycles. The fourth-order valence-corrected chi connectivity index (χ4v) is 1.99. The Morgan fingerprint density at radius 2 is 2.06 bits per heavy atom. The third kappa shape index (κ3) is 2.55. The highest BCUT2D eigenvalue weighted by Crippen LogP contribution is 2.25. The summed E-state index contributed by atoms with van der Waals surface area (Å²) in [7, 11) is 0. The van der Waals surface area contributed by atoms with Crippen LogP contribution in [-0.4, -0.2) is 16.7 Å². The van der Waals surface area contributed by atoms with E-state index in [0.29, 0.717) is 13.0 Å². The fraction of sp³-hybridized carbons (Fsp3) is 0.182. The van der Waals surface area contributed by atoms with E-state index in [2.05, 4.69) is 21.6 Å². The quantitative estimate of drug-likeness (QED) is 0.820. The number of rotatable bonds is 4. The van der Waals surface area contributed by atoms with E-state index in [1.54, 1.807) is 0 Å². The number of anilines is 1. The Hall–Kier alpha value is -1.93. The van der Waals surface area contributed by atoms with Crippen molar-refractivity contribution in [1.29, 1.82) is 5.26 Å². The zero-order chi connectivity index (χ0) is 11.2. The van der Waals surface area contributed by atoms with Crippen molar-refractivity contribution < 1.29 is 0 Å². The van der Waals surface area contributed by atoms with E-state index >= 15 is 0 Å². The molecule has 1 heterocycles. The first-order valence-electron chi connectivity index (χ1n) is 4.90. The number of nitriles is 1. The van der Waals surface area contributed by atoms with Gasteiger partial charge in [-0.1, -0.05) is 41.7 Å². The molecule has 4 nitrogen and oxygen atoms in total. The largest absolute Gasteiger partial charge is 0.359 e. The number of benzene rings is 1. The summed E-state index contributed by atoms with van der Waals surface area (Å²) in [4.78, 5) is 0. The SMILES string of the molecule is N#CCCNc1nnc(-c2ccccc2)s1. The van der Waals surface area contributed by atoms with E-state index in [4.69, 9.17) is 5.26 Å². The minimum atomic E-state index is 0.472. The number of hydrogen-bond donors (Lipinski definition) is 1. The minimum absolute atomic E-state index is 0.472. The second kappa shape index (κ2) is 5.24. The van der Waals surface area contributed by atoms with Crippen molar-refractivity contribution in [3.8, 4) is 16.6 Å². The first-order chi connectivity index (χ1) is 7.90. The van der Waals surface area contributed by atoms with Crippen molar-refractivity contribution in [2.75, 3.05) is 11.9 Å². The predicted molar refractivity (Wildman–Crippen MR) is 64.1 cm³/mol. The van der Waals surface area contributed by atoms with Crippen LogP contribution in [0.3, 0.4) is 0 Å². The van der Waals surface area contributed by atoms with Crippen molar-refractivity contribution >= 4 is 16.5 Å². The Morgan fingerprint density at radius 1 is 1.25 bits per heavy atom. The van der Waals surface area contributed by atoms with E-state index in [1.165, 1.54) is 11.3 Å². The van der Waals surface area contributed by atoms with E-state index in [0.717, 1.165) is 15.7 Å². The molecule has 0 aliphatic rings. The van der Waals surface area contributed by atoms with Crippen molar-refractivity contribution in [2.24, 2.45) is 0 Å². The molecular formula is C11H10N4S. The van der Waals surface area contributed by atoms with Crippen LogP contribution in [0.15, 0.2) is 30.3 Å². The number of aromatic nitrogens is 2. The van der Waals surface area contributed by atoms with Crippen LogP contribution in [0.4, 0.5) is 5.13 Å². The number of nitrogens with one attached hydrogen (secondary N) is 1. The molecule has 0 bridgehead atoms. The van der Waals surface area contributed by atoms with Gasteiger partial charge in [0.2, 0.25) is 5.13 Å². The molecule has 1 aromatic heterocycles. The highest BCUT2D eigenvalue weighted by atomic mass is 32.1. The molecule has 0 aliphatic carbocycles. The van der Waals surface area contributed by atoms with Crippen LogP contribution in [0.1, 0.15) is 6.42 Å². The van der Waals surface area contributed by atoms with Gasteiger partial charge in [-0.3, -0.25) is 0 Å². The van der Waals surface area contributed by atoms with Gasteiger partial charge < -0.3 is 5.32 Å². The molecule has 16 heavy (non-hydrogen) atoms. The molecule has 0 atom stereocenters. The molecule has 0 saturated carbocycles. The molecule has 0 fully saturated rings. The smallest absolute Gasteiger partial charge is 0.206 e. The van der Waals surface area contributed by atoms with Gasteiger partial charge >= 0.3 is 0 Å². The molecule has 0 unspecified atom stereocenters. The molecule has 0 spiro atoms. The highest BCUT2D eigenvalue weighted by molar-refractivity contribution is 7.18. The maximum absolute atomic E-state index is 8.40. The summed E-state index contributed by atoms with van der Waals surface area (Å²) in [6.07, 6.45) is 0.472. The summed E-state index contributed by atoms with van der Waals surface area (Å²) in [5, 5.41) is 21.2. The second-order valence-electron chi connectivity index (χ2n) is 3.11. The summed E-state index contributed by atoms with van der Waals surface area (Å²) in [5.74, 6) is 0. The molecule has 2 rings (SSSR count). The van der Waals surface area contributed by atoms with Crippen LogP contribution >= 0.6 is 11.3 Å². The third-order valence-electron chi connectivity index (χ3n) is 1.96. The Balaban J connectivity index is 2.06. The van der Waals surface area contributed by atoms with Crippen molar-refractivity contribution in [3.05, 3.63) is 30.3 Å². The van der Waals surface area contributed by atoms with Gasteiger partial charge in [0.15, 0.2) is 0 Å². The van der Waals surface area contributed by atoms with E-state index in [-0.39, 0.29) is 0 Å². The van der Waals surface area contributed by atoms with E-state index < -0.39 is 0 Å². The lowest BCUT2D eigenvalue weighted by molar-refractivity contribution is 1.03. The Kier molecular flexibility index (Phi) is 3.46. The molecule has 2 aromatic rings. The Morgan fingerprint density at radius 3 is 2.81 bits per heavy atom. The van der Waals surface area contributed by atoms with Gasteiger partial charge in [0, 0.05) is 12.1 Å². The minimum Gasteiger partial charge on any atom is -0.359 e. The van der Waals surface area contributed by atoms with Crippen molar-refractivity contribution in [2.45, 2.75) is 6.42 Å². The van der Waals surface area contributed by atoms with Gasteiger partial charge in [0.25, 0.3) is 0 Å². The molecule has 1 aromatic carbocycles. The summed E-state index contributed by atoms with van der Waals surface area (Å²) in [6, 6.07) is 12.0. The third-order valence-corrected chi connectivity index (χ3v) is 2.89. The van der Waals surface area contributed by atoms with Crippen LogP contribution in [0.2, 0.25) is 0 Å². The lowest BCUT2D eigenvalue weighted by Crippen LogP contribution is -1.99. The average molecular weight is 230 g/mol. The summed E-state index contributed by atoms with van der Waals surface area (Å²) in [6.45, 7) is 0.611. The van der Waals surface area contributed by atoms with Gasteiger partial charge in [-0.15, -0.1) is 10.2 Å². The van der Waals surface area contributed by atoms with Crippen LogP contribution < -0.4 is 5.32 Å². The van der Waals surface area contributed by atoms with E-state index in [1.807, 2.05) is 30.3 Å². The summed E-state index contributed by atoms with van der Waals surface area (Å²) < 4.78 is 0. The molecule has 0 amide bonds. The summed E-state index contributed by atoms with van der Waals surface area (Å²) >= 11 is 1.49. The predicted octanol–water partition coefficient (Wildman–Crippen LogP) is 2.53. The van der Waals surface area contributed by atoms with Gasteiger partial charge in [0.05, 0.1) is 12.5 Å². The first-order valence-corrected chi connectivity index (χ1v) is 5.71. The number of nitrogens with zero attached hydrogens (tertiary/aromatic N) is 3. The van der Waals surface area contributed by atoms with E-state index in [9.17, 15) is 0 Å². The molecular weight excluding hydrogens is 220 g/mol. The van der Waals surface area contributed by atoms with Crippen molar-refractivity contribution in [3.63, 3.8) is 0 Å². The maximum Gasteiger partial charge on any atom is 0.206 e. The maximum atomic E-state index is 8.40. The Bertz CT molecular complexity index is 486. The monoisotopic (exact) mass is 230 g/mol. The number of hydrogen-bond acceptors (Lipinski definition) is 5. The van der Waals surface area contributed by atoms with Crippen LogP contribution in [-0.2, 0) is 0 Å². The zero-order valence-electron chi connectivity index (χ0n) is 8.55. The Labute approximate surface area is 97.6 Å². The van der Waals surface area contributed by atoms with Crippen LogP contribution in [0.25, 0.3) is 10.6 Å². The van der Waals surface area contributed by atoms with Crippen LogP contribution in [0.5, 0.6) is 0 Å². The zero-order valence-corrected chi connectivity index (χ0v) is 9.37. The van der Waals surface area contributed by atoms with Crippen molar-refractivity contribution in [1.82, 2.24) is 10.2 Å². The topological polar surface area (TPSA) is 61.6 Å². The molecule has 0 aliphatic heterocycles. The average Bonchev–Trinajstić information content (AvgIpc) is 2.79. The normalized spacial score (nSPS) is 9.69. The fourth-order valence-electron chi connectivity index (χ4n) is 1.22. The van der Waals surface area contributed by atoms with Gasteiger partial charge in [-0.05, 0) is 0 Å². The molecule has 80 valence electrons. The lowest BCUT2D eigenvalue weighted by atomic mass is 10.2. The molecule has 5 heteroatoms. The van der Waals surface area contributed by atoms with Gasteiger partial charge in [-0.25, -0.2) is 0 Å². The van der Waals surface area contributed by atoms with Gasteiger partial charge in [-0.2, -0.15) is 5.26 Å². The lowest BCUT2D eigenvalue weighted by Gasteiger charge is -1.94. The molecule has 1 N–H and O–H groups in total. The highest BCUT2D eigenvalue weighted by Gasteiger charge is 2.04.